The van der Waals surface area contributed by atoms with Gasteiger partial charge in [-0.2, -0.15) is 5.10 Å². The molecule has 0 bridgehead atoms. The van der Waals surface area contributed by atoms with Gasteiger partial charge < -0.3 is 19.9 Å². The van der Waals surface area contributed by atoms with E-state index in [4.69, 9.17) is 9.84 Å². The lowest BCUT2D eigenvalue weighted by Gasteiger charge is -2.33. The van der Waals surface area contributed by atoms with Gasteiger partial charge in [-0.3, -0.25) is 9.48 Å². The Morgan fingerprint density at radius 2 is 1.84 bits per heavy atom. The number of hydrazone groups is 1. The van der Waals surface area contributed by atoms with Crippen LogP contribution in [0.2, 0.25) is 0 Å². The Hall–Kier alpha value is -3.44. The summed E-state index contributed by atoms with van der Waals surface area (Å²) in [6, 6.07) is 3.58. The highest BCUT2D eigenvalue weighted by Gasteiger charge is 2.43. The Morgan fingerprint density at radius 3 is 2.55 bits per heavy atom. The molecule has 1 N–H and O–H groups in total. The van der Waals surface area contributed by atoms with Crippen molar-refractivity contribution in [1.82, 2.24) is 20.0 Å². The topological polar surface area (TPSA) is 78.0 Å². The molecule has 1 aromatic carbocycles. The smallest absolute Gasteiger partial charge is 0.264 e. The number of aryl methyl sites for hydroxylation is 2. The molecule has 5 aliphatic rings. The van der Waals surface area contributed by atoms with Crippen molar-refractivity contribution >= 4 is 23.1 Å². The van der Waals surface area contributed by atoms with E-state index in [2.05, 4.69) is 20.0 Å². The third-order valence-electron chi connectivity index (χ3n) is 9.84. The number of amides is 1. The van der Waals surface area contributed by atoms with Crippen molar-refractivity contribution in [3.8, 4) is 11.1 Å². The highest BCUT2D eigenvalue weighted by molar-refractivity contribution is 6.12. The van der Waals surface area contributed by atoms with E-state index in [1.165, 1.54) is 5.71 Å². The molecule has 1 saturated carbocycles. The molecular formula is C33H42F2N7O2+. The second-order valence-corrected chi connectivity index (χ2v) is 12.7. The Balaban J connectivity index is 1.23. The Morgan fingerprint density at radius 1 is 1.07 bits per heavy atom. The molecule has 5 heterocycles. The number of fused-ring (bicyclic) bond motifs is 1. The van der Waals surface area contributed by atoms with Crippen molar-refractivity contribution in [2.24, 2.45) is 12.1 Å². The van der Waals surface area contributed by atoms with Gasteiger partial charge in [0.05, 0.1) is 36.9 Å². The molecule has 2 fully saturated rings. The standard InChI is InChI=1S/C33H42F2N7O2/c1-21(43)40-15-11-30-29(20-40)33(38-42(30)24-5-7-25(8-6-24)44-26-9-12-36-13-10-26)41-14-3-4-22-16-27(23-18-37-39(2)19-23)28(32(34)35)17-31(22)41/h16-19,25-26,32,36H,3-15,20H2,1-2H3/q+1. The molecule has 9 nitrogen and oxygen atoms in total. The average Bonchev–Trinajstić information content (AvgIpc) is 3.64. The number of amidine groups is 1. The van der Waals surface area contributed by atoms with Crippen molar-refractivity contribution in [1.29, 1.82) is 0 Å². The van der Waals surface area contributed by atoms with Crippen molar-refractivity contribution in [2.45, 2.75) is 83.3 Å². The molecule has 0 radical (unpaired) electrons. The fourth-order valence-corrected chi connectivity index (χ4v) is 7.48. The number of carbonyl (C=O) groups is 1. The summed E-state index contributed by atoms with van der Waals surface area (Å²) in [6.07, 6.45) is 9.78. The number of ether oxygens (including phenoxy) is 1. The van der Waals surface area contributed by atoms with Crippen LogP contribution in [0.1, 0.15) is 75.8 Å². The first-order chi connectivity index (χ1) is 21.4. The third-order valence-corrected chi connectivity index (χ3v) is 9.84. The highest BCUT2D eigenvalue weighted by Crippen LogP contribution is 2.41. The summed E-state index contributed by atoms with van der Waals surface area (Å²) in [5, 5.41) is 12.9. The summed E-state index contributed by atoms with van der Waals surface area (Å²) >= 11 is 0. The van der Waals surface area contributed by atoms with Crippen LogP contribution in [0.5, 0.6) is 0 Å². The molecule has 11 heteroatoms. The zero-order valence-electron chi connectivity index (χ0n) is 25.7. The highest BCUT2D eigenvalue weighted by atomic mass is 19.3. The Bertz CT molecular complexity index is 1530. The number of anilines is 1. The van der Waals surface area contributed by atoms with Crippen LogP contribution in [0.3, 0.4) is 0 Å². The molecule has 0 atom stereocenters. The molecule has 1 aliphatic carbocycles. The molecule has 234 valence electrons. The van der Waals surface area contributed by atoms with Crippen LogP contribution >= 0.6 is 0 Å². The van der Waals surface area contributed by atoms with Gasteiger partial charge in [0.25, 0.3) is 6.43 Å². The van der Waals surface area contributed by atoms with E-state index in [9.17, 15) is 13.6 Å². The molecule has 1 amide bonds. The predicted octanol–water partition coefficient (Wildman–Crippen LogP) is 4.78. The van der Waals surface area contributed by atoms with Gasteiger partial charge in [-0.05, 0) is 74.9 Å². The van der Waals surface area contributed by atoms with E-state index in [0.29, 0.717) is 36.9 Å². The van der Waals surface area contributed by atoms with E-state index in [1.54, 1.807) is 37.1 Å². The van der Waals surface area contributed by atoms with Gasteiger partial charge in [0.1, 0.15) is 0 Å². The van der Waals surface area contributed by atoms with Gasteiger partial charge in [-0.25, -0.2) is 8.78 Å². The summed E-state index contributed by atoms with van der Waals surface area (Å²) in [5.74, 6) is 0.833. The molecular weight excluding hydrogens is 564 g/mol. The number of rotatable bonds is 4. The van der Waals surface area contributed by atoms with Crippen LogP contribution in [0.4, 0.5) is 14.5 Å². The van der Waals surface area contributed by atoms with Crippen LogP contribution in [-0.2, 0) is 23.0 Å². The number of carbonyl (C=O) groups excluding carboxylic acids is 1. The van der Waals surface area contributed by atoms with Gasteiger partial charge in [0, 0.05) is 68.0 Å². The first-order valence-corrected chi connectivity index (χ1v) is 16.1. The van der Waals surface area contributed by atoms with E-state index in [1.807, 2.05) is 11.0 Å². The van der Waals surface area contributed by atoms with Gasteiger partial charge in [0.15, 0.2) is 5.71 Å². The maximum absolute atomic E-state index is 14.5. The lowest BCUT2D eigenvalue weighted by molar-refractivity contribution is -0.484. The van der Waals surface area contributed by atoms with Crippen molar-refractivity contribution in [2.75, 3.05) is 37.6 Å². The molecule has 0 unspecified atom stereocenters. The summed E-state index contributed by atoms with van der Waals surface area (Å²) in [6.45, 7) is 5.49. The summed E-state index contributed by atoms with van der Waals surface area (Å²) in [4.78, 5) is 16.5. The van der Waals surface area contributed by atoms with E-state index >= 15 is 0 Å². The van der Waals surface area contributed by atoms with Crippen LogP contribution < -0.4 is 10.2 Å². The van der Waals surface area contributed by atoms with E-state index in [0.717, 1.165) is 99.2 Å². The van der Waals surface area contributed by atoms with Crippen LogP contribution in [0.15, 0.2) is 40.9 Å². The molecule has 1 aromatic heterocycles. The summed E-state index contributed by atoms with van der Waals surface area (Å²) in [7, 11) is 1.79. The first-order valence-electron chi connectivity index (χ1n) is 16.1. The molecule has 44 heavy (non-hydrogen) atoms. The predicted molar refractivity (Wildman–Crippen MR) is 165 cm³/mol. The largest absolute Gasteiger partial charge is 0.375 e. The molecule has 0 spiro atoms. The van der Waals surface area contributed by atoms with Crippen molar-refractivity contribution < 1.29 is 23.0 Å². The number of piperidine rings is 1. The van der Waals surface area contributed by atoms with Crippen LogP contribution in [0.25, 0.3) is 11.1 Å². The van der Waals surface area contributed by atoms with Crippen molar-refractivity contribution in [3.63, 3.8) is 0 Å². The second kappa shape index (κ2) is 12.2. The third kappa shape index (κ3) is 5.60. The van der Waals surface area contributed by atoms with Gasteiger partial charge in [-0.15, -0.1) is 0 Å². The van der Waals surface area contributed by atoms with Gasteiger partial charge >= 0.3 is 0 Å². The Labute approximate surface area is 257 Å². The number of halogens is 2. The maximum atomic E-state index is 14.5. The minimum atomic E-state index is -2.63. The number of hydrogen-bond acceptors (Lipinski definition) is 6. The van der Waals surface area contributed by atoms with E-state index < -0.39 is 6.43 Å². The number of benzene rings is 1. The number of hydrogen-bond donors (Lipinski definition) is 1. The van der Waals surface area contributed by atoms with Gasteiger partial charge in [-0.1, -0.05) is 4.68 Å². The fourth-order valence-electron chi connectivity index (χ4n) is 7.48. The number of aromatic nitrogens is 2. The Kier molecular flexibility index (Phi) is 8.09. The maximum Gasteiger partial charge on any atom is 0.264 e. The van der Waals surface area contributed by atoms with Crippen LogP contribution in [-0.4, -0.2) is 81.8 Å². The molecule has 1 saturated heterocycles. The van der Waals surface area contributed by atoms with E-state index in [-0.39, 0.29) is 17.6 Å². The average molecular weight is 607 g/mol. The number of nitrogens with zero attached hydrogens (tertiary/aromatic N) is 6. The SMILES string of the molecule is CC(=O)N1CCC2=C(C1)C(N1CCCc3cc(-c4cnn(C)c4)c(C(F)F)cc31)=N[N+]2=C1CCC(OC2CCNCC2)CC1. The normalized spacial score (nSPS) is 22.9. The lowest BCUT2D eigenvalue weighted by Crippen LogP contribution is -2.42. The fraction of sp³-hybridized carbons (Fsp3) is 0.576. The zero-order chi connectivity index (χ0) is 30.4. The number of nitrogens with one attached hydrogen (secondary N) is 1. The second-order valence-electron chi connectivity index (χ2n) is 12.7. The summed E-state index contributed by atoms with van der Waals surface area (Å²) < 4.78 is 39.3. The van der Waals surface area contributed by atoms with Gasteiger partial charge in [0.2, 0.25) is 17.4 Å². The molecule has 2 aromatic rings. The molecule has 4 aliphatic heterocycles. The molecule has 7 rings (SSSR count). The number of alkyl halides is 2. The van der Waals surface area contributed by atoms with Crippen LogP contribution in [0, 0.1) is 0 Å². The minimum Gasteiger partial charge on any atom is -0.375 e. The first kappa shape index (κ1) is 29.3. The summed E-state index contributed by atoms with van der Waals surface area (Å²) in [5.41, 5.74) is 6.52. The van der Waals surface area contributed by atoms with Crippen molar-refractivity contribution in [3.05, 3.63) is 46.9 Å². The quantitative estimate of drug-likeness (QED) is 0.508. The zero-order valence-corrected chi connectivity index (χ0v) is 25.7. The lowest BCUT2D eigenvalue weighted by atomic mass is 9.92. The minimum absolute atomic E-state index is 0.00348. The monoisotopic (exact) mass is 606 g/mol.